The summed E-state index contributed by atoms with van der Waals surface area (Å²) in [7, 11) is 0. The number of benzene rings is 1. The minimum absolute atomic E-state index is 0.0798. The Kier molecular flexibility index (Phi) is 8.36. The van der Waals surface area contributed by atoms with Gasteiger partial charge in [0.15, 0.2) is 5.82 Å². The summed E-state index contributed by atoms with van der Waals surface area (Å²) < 4.78 is 5.26. The standard InChI is InChI=1S/C29H36N6O6/c1-3-4-14-41-29(40)34-12-10-33(11-13-34)27(37)18(2)30-26(36)22-15-23(32-25(31-22)19-8-6-5-7-9-19)35-16-20-21(17-35)24(20)28(38)39/h5-9,15,18,20-21,24H,3-4,10-14,16-17H2,1-2H3,(H,30,36)(H,38,39)/t18-,20-,21+,24?/m0/s1. The fraction of sp³-hybridized carbons (Fsp3) is 0.517. The van der Waals surface area contributed by atoms with Gasteiger partial charge in [0, 0.05) is 50.9 Å². The Balaban J connectivity index is 1.23. The van der Waals surface area contributed by atoms with Crippen molar-refractivity contribution in [1.82, 2.24) is 25.1 Å². The van der Waals surface area contributed by atoms with E-state index in [1.54, 1.807) is 22.8 Å². The molecule has 2 saturated heterocycles. The van der Waals surface area contributed by atoms with Crippen LogP contribution < -0.4 is 10.2 Å². The molecular formula is C29H36N6O6. The van der Waals surface area contributed by atoms with Crippen molar-refractivity contribution in [3.8, 4) is 11.4 Å². The van der Waals surface area contributed by atoms with Crippen LogP contribution >= 0.6 is 0 Å². The first-order valence-electron chi connectivity index (χ1n) is 14.2. The number of fused-ring (bicyclic) bond motifs is 1. The molecule has 2 aliphatic heterocycles. The number of hydrogen-bond donors (Lipinski definition) is 2. The van der Waals surface area contributed by atoms with E-state index in [1.165, 1.54) is 0 Å². The molecule has 12 heteroatoms. The number of hydrogen-bond acceptors (Lipinski definition) is 8. The first kappa shape index (κ1) is 28.3. The molecule has 5 rings (SSSR count). The third-order valence-corrected chi connectivity index (χ3v) is 8.07. The van der Waals surface area contributed by atoms with E-state index < -0.39 is 17.9 Å². The molecule has 2 N–H and O–H groups in total. The van der Waals surface area contributed by atoms with Gasteiger partial charge < -0.3 is 29.9 Å². The molecule has 1 unspecified atom stereocenters. The van der Waals surface area contributed by atoms with Crippen molar-refractivity contribution in [3.05, 3.63) is 42.1 Å². The molecular weight excluding hydrogens is 528 g/mol. The minimum Gasteiger partial charge on any atom is -0.481 e. The number of nitrogens with one attached hydrogen (secondary N) is 1. The lowest BCUT2D eigenvalue weighted by atomic mass is 10.2. The third-order valence-electron chi connectivity index (χ3n) is 8.07. The third kappa shape index (κ3) is 6.26. The van der Waals surface area contributed by atoms with Crippen molar-refractivity contribution in [2.24, 2.45) is 17.8 Å². The van der Waals surface area contributed by atoms with E-state index >= 15 is 0 Å². The predicted molar refractivity (Wildman–Crippen MR) is 149 cm³/mol. The van der Waals surface area contributed by atoms with Crippen LogP contribution in [0.1, 0.15) is 37.2 Å². The van der Waals surface area contributed by atoms with Crippen molar-refractivity contribution < 1.29 is 29.0 Å². The molecule has 2 aromatic rings. The van der Waals surface area contributed by atoms with E-state index in [0.717, 1.165) is 18.4 Å². The number of carboxylic acid groups (broad SMARTS) is 1. The number of carbonyl (C=O) groups excluding carboxylic acids is 3. The Morgan fingerprint density at radius 2 is 1.68 bits per heavy atom. The molecule has 12 nitrogen and oxygen atoms in total. The van der Waals surface area contributed by atoms with Crippen LogP contribution in [0.15, 0.2) is 36.4 Å². The maximum absolute atomic E-state index is 13.3. The highest BCUT2D eigenvalue weighted by molar-refractivity contribution is 5.97. The second-order valence-corrected chi connectivity index (χ2v) is 10.9. The van der Waals surface area contributed by atoms with Gasteiger partial charge in [-0.15, -0.1) is 0 Å². The van der Waals surface area contributed by atoms with Gasteiger partial charge in [0.1, 0.15) is 17.6 Å². The van der Waals surface area contributed by atoms with Crippen LogP contribution in [-0.2, 0) is 14.3 Å². The smallest absolute Gasteiger partial charge is 0.409 e. The number of amides is 3. The lowest BCUT2D eigenvalue weighted by Gasteiger charge is -2.35. The highest BCUT2D eigenvalue weighted by atomic mass is 16.6. The van der Waals surface area contributed by atoms with Gasteiger partial charge in [-0.3, -0.25) is 14.4 Å². The minimum atomic E-state index is -0.806. The first-order chi connectivity index (χ1) is 19.8. The van der Waals surface area contributed by atoms with Crippen LogP contribution in [0.4, 0.5) is 10.6 Å². The Labute approximate surface area is 238 Å². The number of rotatable bonds is 9. The van der Waals surface area contributed by atoms with Crippen LogP contribution in [0, 0.1) is 17.8 Å². The predicted octanol–water partition coefficient (Wildman–Crippen LogP) is 2.11. The second-order valence-electron chi connectivity index (χ2n) is 10.9. The summed E-state index contributed by atoms with van der Waals surface area (Å²) in [5.74, 6) is -0.727. The molecule has 41 heavy (non-hydrogen) atoms. The van der Waals surface area contributed by atoms with Crippen LogP contribution in [0.2, 0.25) is 0 Å². The summed E-state index contributed by atoms with van der Waals surface area (Å²) in [6, 6.07) is 10.1. The lowest BCUT2D eigenvalue weighted by Crippen LogP contribution is -2.55. The fourth-order valence-electron chi connectivity index (χ4n) is 5.62. The molecule has 0 spiro atoms. The highest BCUT2D eigenvalue weighted by Gasteiger charge is 2.60. The molecule has 1 aromatic carbocycles. The number of carboxylic acids is 1. The summed E-state index contributed by atoms with van der Waals surface area (Å²) in [5.41, 5.74) is 0.870. The average Bonchev–Trinajstić information content (AvgIpc) is 3.51. The zero-order chi connectivity index (χ0) is 29.1. The van der Waals surface area contributed by atoms with Crippen molar-refractivity contribution >= 4 is 29.7 Å². The lowest BCUT2D eigenvalue weighted by molar-refractivity contribution is -0.139. The molecule has 3 amide bonds. The van der Waals surface area contributed by atoms with Gasteiger partial charge in [-0.1, -0.05) is 43.7 Å². The molecule has 1 saturated carbocycles. The van der Waals surface area contributed by atoms with E-state index in [2.05, 4.69) is 10.3 Å². The zero-order valence-electron chi connectivity index (χ0n) is 23.4. The summed E-state index contributed by atoms with van der Waals surface area (Å²) >= 11 is 0. The van der Waals surface area contributed by atoms with E-state index in [0.29, 0.717) is 57.5 Å². The number of aromatic nitrogens is 2. The fourth-order valence-corrected chi connectivity index (χ4v) is 5.62. The number of anilines is 1. The van der Waals surface area contributed by atoms with Crippen molar-refractivity contribution in [2.75, 3.05) is 50.8 Å². The average molecular weight is 565 g/mol. The van der Waals surface area contributed by atoms with Gasteiger partial charge in [0.25, 0.3) is 5.91 Å². The molecule has 3 heterocycles. The Morgan fingerprint density at radius 3 is 2.32 bits per heavy atom. The highest BCUT2D eigenvalue weighted by Crippen LogP contribution is 2.52. The Morgan fingerprint density at radius 1 is 1.02 bits per heavy atom. The molecule has 4 atom stereocenters. The Hall–Kier alpha value is -4.22. The summed E-state index contributed by atoms with van der Waals surface area (Å²) in [6.07, 6.45) is 1.39. The van der Waals surface area contributed by atoms with Crippen LogP contribution in [0.3, 0.4) is 0 Å². The van der Waals surface area contributed by atoms with Gasteiger partial charge in [-0.25, -0.2) is 14.8 Å². The van der Waals surface area contributed by atoms with Crippen molar-refractivity contribution in [2.45, 2.75) is 32.7 Å². The number of piperazine rings is 1. The molecule has 3 aliphatic rings. The maximum atomic E-state index is 13.3. The van der Waals surface area contributed by atoms with Gasteiger partial charge in [0.2, 0.25) is 5.91 Å². The summed E-state index contributed by atoms with van der Waals surface area (Å²) in [4.78, 5) is 64.5. The molecule has 0 radical (unpaired) electrons. The quantitative estimate of drug-likeness (QED) is 0.437. The van der Waals surface area contributed by atoms with E-state index in [1.807, 2.05) is 42.2 Å². The number of ether oxygens (including phenoxy) is 1. The van der Waals surface area contributed by atoms with E-state index in [9.17, 15) is 24.3 Å². The summed E-state index contributed by atoms with van der Waals surface area (Å²) in [6.45, 7) is 6.60. The van der Waals surface area contributed by atoms with Crippen molar-refractivity contribution in [3.63, 3.8) is 0 Å². The van der Waals surface area contributed by atoms with E-state index in [-0.39, 0.29) is 35.4 Å². The second kappa shape index (κ2) is 12.1. The van der Waals surface area contributed by atoms with Gasteiger partial charge in [0.05, 0.1) is 12.5 Å². The SMILES string of the molecule is CCCCOC(=O)N1CCN(C(=O)[C@H](C)NC(=O)c2cc(N3C[C@@H]4C(C(=O)O)[C@@H]4C3)nc(-c3ccccc3)n2)CC1. The zero-order valence-corrected chi connectivity index (χ0v) is 23.4. The topological polar surface area (TPSA) is 145 Å². The van der Waals surface area contributed by atoms with Crippen LogP contribution in [-0.4, -0.2) is 101 Å². The Bertz CT molecular complexity index is 1290. The van der Waals surface area contributed by atoms with Crippen LogP contribution in [0.5, 0.6) is 0 Å². The number of carbonyl (C=O) groups is 4. The van der Waals surface area contributed by atoms with Gasteiger partial charge >= 0.3 is 12.1 Å². The monoisotopic (exact) mass is 564 g/mol. The maximum Gasteiger partial charge on any atom is 0.409 e. The molecule has 3 fully saturated rings. The van der Waals surface area contributed by atoms with E-state index in [4.69, 9.17) is 9.72 Å². The molecule has 218 valence electrons. The van der Waals surface area contributed by atoms with Crippen molar-refractivity contribution in [1.29, 1.82) is 0 Å². The molecule has 0 bridgehead atoms. The molecule has 1 aromatic heterocycles. The summed E-state index contributed by atoms with van der Waals surface area (Å²) in [5, 5.41) is 12.2. The van der Waals surface area contributed by atoms with Crippen LogP contribution in [0.25, 0.3) is 11.4 Å². The first-order valence-corrected chi connectivity index (χ1v) is 14.2. The van der Waals surface area contributed by atoms with Gasteiger partial charge in [-0.2, -0.15) is 0 Å². The number of nitrogens with zero attached hydrogens (tertiary/aromatic N) is 5. The number of aliphatic carboxylic acids is 1. The molecule has 1 aliphatic carbocycles. The largest absolute Gasteiger partial charge is 0.481 e. The van der Waals surface area contributed by atoms with Gasteiger partial charge in [-0.05, 0) is 25.2 Å². The number of unbranched alkanes of at least 4 members (excludes halogenated alkanes) is 1. The normalized spacial score (nSPS) is 22.1. The number of piperidine rings is 1.